The molecular weight excluding hydrogens is 350 g/mol. The summed E-state index contributed by atoms with van der Waals surface area (Å²) >= 11 is 0. The molecule has 6 heteroatoms. The second-order valence-corrected chi connectivity index (χ2v) is 7.19. The maximum atomic E-state index is 9.04. The van der Waals surface area contributed by atoms with E-state index in [0.29, 0.717) is 18.3 Å². The summed E-state index contributed by atoms with van der Waals surface area (Å²) in [6.45, 7) is 7.49. The fraction of sp³-hybridized carbons (Fsp3) is 0.318. The van der Waals surface area contributed by atoms with Gasteiger partial charge in [0.1, 0.15) is 0 Å². The summed E-state index contributed by atoms with van der Waals surface area (Å²) in [4.78, 5) is 9.34. The molecule has 1 saturated heterocycles. The smallest absolute Gasteiger partial charge is 0.241 e. The summed E-state index contributed by atoms with van der Waals surface area (Å²) in [5.41, 5.74) is 4.06. The van der Waals surface area contributed by atoms with Gasteiger partial charge in [0.25, 0.3) is 0 Å². The van der Waals surface area contributed by atoms with Crippen LogP contribution in [-0.2, 0) is 13.1 Å². The quantitative estimate of drug-likeness (QED) is 0.684. The monoisotopic (exact) mass is 373 g/mol. The van der Waals surface area contributed by atoms with Crippen LogP contribution < -0.4 is 0 Å². The van der Waals surface area contributed by atoms with E-state index in [0.717, 1.165) is 49.4 Å². The van der Waals surface area contributed by atoms with Crippen LogP contribution in [-0.4, -0.2) is 46.1 Å². The number of rotatable bonds is 5. The number of aromatic nitrogens is 2. The molecule has 0 amide bonds. The number of benzene rings is 2. The number of hydrogen-bond donors (Lipinski definition) is 0. The largest absolute Gasteiger partial charge is 0.338 e. The van der Waals surface area contributed by atoms with Gasteiger partial charge < -0.3 is 4.52 Å². The summed E-state index contributed by atoms with van der Waals surface area (Å²) in [5, 5.41) is 13.2. The molecule has 0 spiro atoms. The van der Waals surface area contributed by atoms with Gasteiger partial charge in [-0.2, -0.15) is 10.2 Å². The minimum absolute atomic E-state index is 0.657. The van der Waals surface area contributed by atoms with Crippen LogP contribution in [0.1, 0.15) is 22.6 Å². The number of aryl methyl sites for hydroxylation is 1. The Labute approximate surface area is 165 Å². The lowest BCUT2D eigenvalue weighted by Crippen LogP contribution is -2.45. The van der Waals surface area contributed by atoms with Gasteiger partial charge in [-0.25, -0.2) is 0 Å². The van der Waals surface area contributed by atoms with E-state index in [1.807, 2.05) is 36.4 Å². The van der Waals surface area contributed by atoms with Crippen LogP contribution in [0.2, 0.25) is 0 Å². The summed E-state index contributed by atoms with van der Waals surface area (Å²) in [5.74, 6) is 1.32. The third kappa shape index (κ3) is 4.28. The molecule has 4 rings (SSSR count). The number of piperazine rings is 1. The van der Waals surface area contributed by atoms with Gasteiger partial charge in [-0.15, -0.1) is 0 Å². The molecule has 0 saturated carbocycles. The van der Waals surface area contributed by atoms with Crippen LogP contribution in [0.5, 0.6) is 0 Å². The molecule has 0 radical (unpaired) electrons. The van der Waals surface area contributed by atoms with Crippen LogP contribution in [0.4, 0.5) is 0 Å². The van der Waals surface area contributed by atoms with Gasteiger partial charge in [0.15, 0.2) is 0 Å². The van der Waals surface area contributed by atoms with Crippen LogP contribution in [0.25, 0.3) is 11.4 Å². The average Bonchev–Trinajstić information content (AvgIpc) is 3.18. The number of nitrogens with zero attached hydrogens (tertiary/aromatic N) is 5. The number of nitriles is 1. The second kappa shape index (κ2) is 8.34. The van der Waals surface area contributed by atoms with Crippen molar-refractivity contribution in [2.75, 3.05) is 26.2 Å². The molecule has 0 unspecified atom stereocenters. The lowest BCUT2D eigenvalue weighted by molar-refractivity contribution is 0.112. The maximum Gasteiger partial charge on any atom is 0.241 e. The van der Waals surface area contributed by atoms with E-state index in [2.05, 4.69) is 45.1 Å². The Morgan fingerprint density at radius 3 is 2.50 bits per heavy atom. The highest BCUT2D eigenvalue weighted by molar-refractivity contribution is 5.58. The van der Waals surface area contributed by atoms with Gasteiger partial charge >= 0.3 is 0 Å². The van der Waals surface area contributed by atoms with Gasteiger partial charge in [-0.3, -0.25) is 9.80 Å². The molecule has 0 aliphatic carbocycles. The molecule has 6 nitrogen and oxygen atoms in total. The van der Waals surface area contributed by atoms with Crippen molar-refractivity contribution in [1.82, 2.24) is 19.9 Å². The molecule has 0 atom stereocenters. The van der Waals surface area contributed by atoms with Crippen molar-refractivity contribution < 1.29 is 4.52 Å². The van der Waals surface area contributed by atoms with Gasteiger partial charge in [-0.1, -0.05) is 41.6 Å². The highest BCUT2D eigenvalue weighted by atomic mass is 16.5. The normalized spacial score (nSPS) is 15.4. The van der Waals surface area contributed by atoms with Crippen LogP contribution >= 0.6 is 0 Å². The van der Waals surface area contributed by atoms with Gasteiger partial charge in [-0.05, 0) is 30.2 Å². The highest BCUT2D eigenvalue weighted by Gasteiger charge is 2.20. The first-order valence-electron chi connectivity index (χ1n) is 9.53. The SMILES string of the molecule is Cc1ccccc1-c1noc(CN2CCN(Cc3cccc(C#N)c3)CC2)n1. The topological polar surface area (TPSA) is 69.2 Å². The molecule has 2 aromatic carbocycles. The fourth-order valence-corrected chi connectivity index (χ4v) is 3.55. The van der Waals surface area contributed by atoms with Crippen molar-refractivity contribution in [3.63, 3.8) is 0 Å². The summed E-state index contributed by atoms with van der Waals surface area (Å²) in [7, 11) is 0. The first kappa shape index (κ1) is 18.4. The summed E-state index contributed by atoms with van der Waals surface area (Å²) < 4.78 is 5.48. The fourth-order valence-electron chi connectivity index (χ4n) is 3.55. The van der Waals surface area contributed by atoms with Crippen LogP contribution in [0, 0.1) is 18.3 Å². The Bertz CT molecular complexity index is 982. The van der Waals surface area contributed by atoms with E-state index in [1.54, 1.807) is 0 Å². The van der Waals surface area contributed by atoms with E-state index in [-0.39, 0.29) is 0 Å². The van der Waals surface area contributed by atoms with E-state index >= 15 is 0 Å². The Balaban J connectivity index is 1.31. The average molecular weight is 373 g/mol. The van der Waals surface area contributed by atoms with Crippen molar-refractivity contribution in [3.05, 3.63) is 71.1 Å². The molecule has 2 heterocycles. The van der Waals surface area contributed by atoms with E-state index in [4.69, 9.17) is 9.78 Å². The molecule has 0 N–H and O–H groups in total. The zero-order chi connectivity index (χ0) is 19.3. The highest BCUT2D eigenvalue weighted by Crippen LogP contribution is 2.20. The third-order valence-corrected chi connectivity index (χ3v) is 5.14. The Morgan fingerprint density at radius 1 is 1.00 bits per heavy atom. The van der Waals surface area contributed by atoms with Crippen molar-refractivity contribution in [2.45, 2.75) is 20.0 Å². The Kier molecular flexibility index (Phi) is 5.47. The predicted octanol–water partition coefficient (Wildman–Crippen LogP) is 3.23. The van der Waals surface area contributed by atoms with Crippen molar-refractivity contribution in [2.24, 2.45) is 0 Å². The Hall–Kier alpha value is -3.01. The molecule has 0 bridgehead atoms. The van der Waals surface area contributed by atoms with Crippen LogP contribution in [0.3, 0.4) is 0 Å². The lowest BCUT2D eigenvalue weighted by Gasteiger charge is -2.33. The van der Waals surface area contributed by atoms with E-state index in [9.17, 15) is 0 Å². The summed E-state index contributed by atoms with van der Waals surface area (Å²) in [6.07, 6.45) is 0. The minimum atomic E-state index is 0.657. The molecule has 1 aliphatic heterocycles. The van der Waals surface area contributed by atoms with Gasteiger partial charge in [0.2, 0.25) is 11.7 Å². The first-order valence-corrected chi connectivity index (χ1v) is 9.53. The summed E-state index contributed by atoms with van der Waals surface area (Å²) in [6, 6.07) is 18.1. The van der Waals surface area contributed by atoms with E-state index < -0.39 is 0 Å². The van der Waals surface area contributed by atoms with Crippen molar-refractivity contribution in [1.29, 1.82) is 5.26 Å². The minimum Gasteiger partial charge on any atom is -0.338 e. The molecule has 1 aliphatic rings. The number of hydrogen-bond acceptors (Lipinski definition) is 6. The predicted molar refractivity (Wildman–Crippen MR) is 106 cm³/mol. The zero-order valence-corrected chi connectivity index (χ0v) is 16.0. The molecule has 1 aromatic heterocycles. The molecule has 142 valence electrons. The first-order chi connectivity index (χ1) is 13.7. The molecular formula is C22H23N5O. The van der Waals surface area contributed by atoms with E-state index in [1.165, 1.54) is 5.56 Å². The maximum absolute atomic E-state index is 9.04. The van der Waals surface area contributed by atoms with Crippen molar-refractivity contribution in [3.8, 4) is 17.5 Å². The Morgan fingerprint density at radius 2 is 1.75 bits per heavy atom. The van der Waals surface area contributed by atoms with Crippen molar-refractivity contribution >= 4 is 0 Å². The molecule has 3 aromatic rings. The van der Waals surface area contributed by atoms with Gasteiger partial charge in [0, 0.05) is 38.3 Å². The molecule has 1 fully saturated rings. The zero-order valence-electron chi connectivity index (χ0n) is 16.0. The van der Waals surface area contributed by atoms with Crippen LogP contribution in [0.15, 0.2) is 53.1 Å². The standard InChI is InChI=1S/C22H23N5O/c1-17-5-2-3-8-20(17)22-24-21(28-25-22)16-27-11-9-26(10-12-27)15-19-7-4-6-18(13-19)14-23/h2-8,13H,9-12,15-16H2,1H3. The lowest BCUT2D eigenvalue weighted by atomic mass is 10.1. The van der Waals surface area contributed by atoms with Gasteiger partial charge in [0.05, 0.1) is 18.2 Å². The molecule has 28 heavy (non-hydrogen) atoms. The second-order valence-electron chi connectivity index (χ2n) is 7.19. The third-order valence-electron chi connectivity index (χ3n) is 5.14.